The van der Waals surface area contributed by atoms with Gasteiger partial charge in [-0.05, 0) is 42.3 Å². The van der Waals surface area contributed by atoms with Gasteiger partial charge in [0.15, 0.2) is 11.5 Å². The molecular weight excluding hydrogens is 323 g/mol. The monoisotopic (exact) mass is 338 g/mol. The van der Waals surface area contributed by atoms with Gasteiger partial charge < -0.3 is 19.4 Å². The average Bonchev–Trinajstić information content (AvgIpc) is 3.18. The first-order valence-electron chi connectivity index (χ1n) is 8.14. The smallest absolute Gasteiger partial charge is 0.268 e. The number of aromatic nitrogens is 1. The third kappa shape index (κ3) is 1.91. The molecule has 0 saturated carbocycles. The Kier molecular flexibility index (Phi) is 2.86. The lowest BCUT2D eigenvalue weighted by molar-refractivity contribution is 0.0928. The molecule has 3 heterocycles. The van der Waals surface area contributed by atoms with E-state index in [1.807, 2.05) is 17.6 Å². The van der Waals surface area contributed by atoms with Crippen molar-refractivity contribution in [2.45, 2.75) is 13.5 Å². The SMILES string of the molecule is Cc1c2n(c3ccc(F)c(-c4ccc5c(c4)OCO5)c13)CCNC2=O. The Bertz CT molecular complexity index is 1050. The van der Waals surface area contributed by atoms with Crippen LogP contribution in [-0.2, 0) is 6.54 Å². The van der Waals surface area contributed by atoms with Gasteiger partial charge in [-0.15, -0.1) is 0 Å². The molecule has 2 aliphatic heterocycles. The summed E-state index contributed by atoms with van der Waals surface area (Å²) < 4.78 is 27.6. The number of hydrogen-bond acceptors (Lipinski definition) is 3. The van der Waals surface area contributed by atoms with Crippen LogP contribution in [0.25, 0.3) is 22.0 Å². The number of halogens is 1. The maximum atomic E-state index is 14.8. The molecule has 0 bridgehead atoms. The molecule has 0 atom stereocenters. The van der Waals surface area contributed by atoms with Crippen LogP contribution in [0.4, 0.5) is 4.39 Å². The van der Waals surface area contributed by atoms with Crippen molar-refractivity contribution in [3.05, 3.63) is 47.4 Å². The summed E-state index contributed by atoms with van der Waals surface area (Å²) >= 11 is 0. The Morgan fingerprint density at radius 1 is 1.16 bits per heavy atom. The molecule has 1 aromatic heterocycles. The molecule has 1 N–H and O–H groups in total. The summed E-state index contributed by atoms with van der Waals surface area (Å²) in [5.74, 6) is 0.826. The zero-order valence-corrected chi connectivity index (χ0v) is 13.6. The Hall–Kier alpha value is -3.02. The third-order valence-corrected chi connectivity index (χ3v) is 4.92. The van der Waals surface area contributed by atoms with Gasteiger partial charge in [-0.2, -0.15) is 0 Å². The molecule has 2 aliphatic rings. The molecule has 0 aliphatic carbocycles. The number of ether oxygens (including phenoxy) is 2. The normalized spacial score (nSPS) is 15.4. The summed E-state index contributed by atoms with van der Waals surface area (Å²) in [7, 11) is 0. The molecule has 2 aromatic carbocycles. The van der Waals surface area contributed by atoms with E-state index in [2.05, 4.69) is 5.32 Å². The van der Waals surface area contributed by atoms with Gasteiger partial charge in [0.1, 0.15) is 11.5 Å². The van der Waals surface area contributed by atoms with E-state index >= 15 is 0 Å². The maximum Gasteiger partial charge on any atom is 0.268 e. The standard InChI is InChI=1S/C19H15FN2O3/c1-10-16-13(22-7-6-21-19(23)18(10)22)4-3-12(20)17(16)11-2-5-14-15(8-11)25-9-24-14/h2-5,8H,6-7,9H2,1H3,(H,21,23). The van der Waals surface area contributed by atoms with Gasteiger partial charge in [0, 0.05) is 29.6 Å². The Morgan fingerprint density at radius 3 is 2.88 bits per heavy atom. The molecule has 0 saturated heterocycles. The summed E-state index contributed by atoms with van der Waals surface area (Å²) in [5.41, 5.74) is 3.46. The van der Waals surface area contributed by atoms with Crippen molar-refractivity contribution in [1.29, 1.82) is 0 Å². The van der Waals surface area contributed by atoms with Crippen molar-refractivity contribution in [2.24, 2.45) is 0 Å². The number of amides is 1. The molecule has 0 radical (unpaired) electrons. The van der Waals surface area contributed by atoms with Gasteiger partial charge in [-0.25, -0.2) is 4.39 Å². The van der Waals surface area contributed by atoms with E-state index in [-0.39, 0.29) is 18.5 Å². The van der Waals surface area contributed by atoms with Crippen molar-refractivity contribution in [3.8, 4) is 22.6 Å². The highest BCUT2D eigenvalue weighted by Crippen LogP contribution is 2.41. The largest absolute Gasteiger partial charge is 0.454 e. The molecule has 5 rings (SSSR count). The number of carbonyl (C=O) groups excluding carboxylic acids is 1. The zero-order valence-electron chi connectivity index (χ0n) is 13.6. The predicted molar refractivity (Wildman–Crippen MR) is 90.5 cm³/mol. The van der Waals surface area contributed by atoms with Crippen molar-refractivity contribution < 1.29 is 18.7 Å². The van der Waals surface area contributed by atoms with E-state index < -0.39 is 0 Å². The summed E-state index contributed by atoms with van der Waals surface area (Å²) in [5, 5.41) is 3.63. The van der Waals surface area contributed by atoms with Crippen molar-refractivity contribution in [3.63, 3.8) is 0 Å². The first-order valence-corrected chi connectivity index (χ1v) is 8.14. The van der Waals surface area contributed by atoms with Crippen molar-refractivity contribution >= 4 is 16.8 Å². The fourth-order valence-electron chi connectivity index (χ4n) is 3.84. The van der Waals surface area contributed by atoms with E-state index in [0.717, 1.165) is 16.5 Å². The van der Waals surface area contributed by atoms with Crippen LogP contribution in [0.1, 0.15) is 16.1 Å². The highest BCUT2D eigenvalue weighted by atomic mass is 19.1. The van der Waals surface area contributed by atoms with Crippen molar-refractivity contribution in [1.82, 2.24) is 9.88 Å². The van der Waals surface area contributed by atoms with E-state index in [1.165, 1.54) is 6.07 Å². The van der Waals surface area contributed by atoms with Gasteiger partial charge in [0.25, 0.3) is 5.91 Å². The minimum atomic E-state index is -0.321. The van der Waals surface area contributed by atoms with Gasteiger partial charge >= 0.3 is 0 Å². The number of aryl methyl sites for hydroxylation is 1. The molecular formula is C19H15FN2O3. The lowest BCUT2D eigenvalue weighted by Crippen LogP contribution is -2.35. The summed E-state index contributed by atoms with van der Waals surface area (Å²) in [6.07, 6.45) is 0. The van der Waals surface area contributed by atoms with Gasteiger partial charge in [-0.1, -0.05) is 6.07 Å². The fourth-order valence-corrected chi connectivity index (χ4v) is 3.84. The predicted octanol–water partition coefficient (Wildman–Crippen LogP) is 3.23. The van der Waals surface area contributed by atoms with Gasteiger partial charge in [-0.3, -0.25) is 4.79 Å². The van der Waals surface area contributed by atoms with E-state index in [9.17, 15) is 9.18 Å². The minimum absolute atomic E-state index is 0.114. The highest BCUT2D eigenvalue weighted by molar-refractivity contribution is 6.07. The Balaban J connectivity index is 1.84. The van der Waals surface area contributed by atoms with Crippen LogP contribution in [-0.4, -0.2) is 23.8 Å². The second-order valence-corrected chi connectivity index (χ2v) is 6.27. The Labute approximate surface area is 143 Å². The molecule has 126 valence electrons. The zero-order chi connectivity index (χ0) is 17.1. The fraction of sp³-hybridized carbons (Fsp3) is 0.211. The summed E-state index contributed by atoms with van der Waals surface area (Å²) in [4.78, 5) is 12.3. The van der Waals surface area contributed by atoms with Crippen LogP contribution in [0.5, 0.6) is 11.5 Å². The van der Waals surface area contributed by atoms with E-state index in [0.29, 0.717) is 41.4 Å². The first kappa shape index (κ1) is 14.3. The molecule has 0 unspecified atom stereocenters. The highest BCUT2D eigenvalue weighted by Gasteiger charge is 2.27. The summed E-state index contributed by atoms with van der Waals surface area (Å²) in [6, 6.07) is 8.60. The molecule has 0 spiro atoms. The van der Waals surface area contributed by atoms with Crippen LogP contribution >= 0.6 is 0 Å². The van der Waals surface area contributed by atoms with Gasteiger partial charge in [0.05, 0.1) is 0 Å². The first-order chi connectivity index (χ1) is 12.1. The minimum Gasteiger partial charge on any atom is -0.454 e. The number of benzene rings is 2. The lowest BCUT2D eigenvalue weighted by atomic mass is 9.97. The maximum absolute atomic E-state index is 14.8. The van der Waals surface area contributed by atoms with E-state index in [4.69, 9.17) is 9.47 Å². The molecule has 3 aromatic rings. The van der Waals surface area contributed by atoms with Crippen molar-refractivity contribution in [2.75, 3.05) is 13.3 Å². The number of fused-ring (bicyclic) bond motifs is 4. The molecule has 0 fully saturated rings. The van der Waals surface area contributed by atoms with Crippen LogP contribution in [0.3, 0.4) is 0 Å². The van der Waals surface area contributed by atoms with E-state index in [1.54, 1.807) is 18.2 Å². The molecule has 25 heavy (non-hydrogen) atoms. The molecule has 5 nitrogen and oxygen atoms in total. The average molecular weight is 338 g/mol. The number of hydrogen-bond donors (Lipinski definition) is 1. The van der Waals surface area contributed by atoms with Crippen LogP contribution < -0.4 is 14.8 Å². The molecule has 6 heteroatoms. The summed E-state index contributed by atoms with van der Waals surface area (Å²) in [6.45, 7) is 3.30. The van der Waals surface area contributed by atoms with Crippen LogP contribution in [0, 0.1) is 12.7 Å². The quantitative estimate of drug-likeness (QED) is 0.741. The van der Waals surface area contributed by atoms with Crippen LogP contribution in [0.2, 0.25) is 0 Å². The lowest BCUT2D eigenvalue weighted by Gasteiger charge is -2.17. The molecule has 1 amide bonds. The number of nitrogens with one attached hydrogen (secondary N) is 1. The third-order valence-electron chi connectivity index (χ3n) is 4.92. The number of carbonyl (C=O) groups is 1. The topological polar surface area (TPSA) is 52.5 Å². The second kappa shape index (κ2) is 4.99. The van der Waals surface area contributed by atoms with Crippen LogP contribution in [0.15, 0.2) is 30.3 Å². The second-order valence-electron chi connectivity index (χ2n) is 6.27. The number of rotatable bonds is 1. The Morgan fingerprint density at radius 2 is 2.00 bits per heavy atom. The number of nitrogens with zero attached hydrogens (tertiary/aromatic N) is 1. The van der Waals surface area contributed by atoms with Gasteiger partial charge in [0.2, 0.25) is 6.79 Å².